The zero-order valence-electron chi connectivity index (χ0n) is 7.61. The van der Waals surface area contributed by atoms with Gasteiger partial charge in [-0.1, -0.05) is 18.2 Å². The molecule has 0 N–H and O–H groups in total. The number of allylic oxidation sites excluding steroid dienone is 1. The van der Waals surface area contributed by atoms with Crippen LogP contribution in [0.3, 0.4) is 0 Å². The molecule has 0 aromatic heterocycles. The molecule has 0 fully saturated rings. The maximum absolute atomic E-state index is 10.9. The van der Waals surface area contributed by atoms with Gasteiger partial charge < -0.3 is 0 Å². The van der Waals surface area contributed by atoms with E-state index in [1.54, 1.807) is 12.1 Å². The van der Waals surface area contributed by atoms with E-state index in [4.69, 9.17) is 10.7 Å². The minimum atomic E-state index is -3.59. The molecule has 0 unspecified atom stereocenters. The summed E-state index contributed by atoms with van der Waals surface area (Å²) in [6.45, 7) is 3.62. The third-order valence-electron chi connectivity index (χ3n) is 1.84. The Bertz CT molecular complexity index is 406. The van der Waals surface area contributed by atoms with E-state index >= 15 is 0 Å². The van der Waals surface area contributed by atoms with Gasteiger partial charge in [-0.3, -0.25) is 0 Å². The first-order valence-electron chi connectivity index (χ1n) is 4.18. The van der Waals surface area contributed by atoms with Crippen LogP contribution in [0.4, 0.5) is 0 Å². The first kappa shape index (κ1) is 11.3. The van der Waals surface area contributed by atoms with Crippen LogP contribution in [0.15, 0.2) is 41.8 Å². The van der Waals surface area contributed by atoms with Gasteiger partial charge in [0, 0.05) is 10.7 Å². The minimum absolute atomic E-state index is 0.140. The molecule has 0 heterocycles. The van der Waals surface area contributed by atoms with Gasteiger partial charge in [-0.2, -0.15) is 0 Å². The molecule has 76 valence electrons. The molecule has 0 bridgehead atoms. The first-order valence-corrected chi connectivity index (χ1v) is 6.49. The molecule has 0 spiro atoms. The number of hydrogen-bond donors (Lipinski definition) is 0. The maximum Gasteiger partial charge on any atom is 0.261 e. The average molecular weight is 231 g/mol. The van der Waals surface area contributed by atoms with Crippen molar-refractivity contribution >= 4 is 19.7 Å². The fourth-order valence-electron chi connectivity index (χ4n) is 1.09. The Morgan fingerprint density at radius 1 is 1.29 bits per heavy atom. The molecule has 1 rings (SSSR count). The van der Waals surface area contributed by atoms with E-state index in [0.29, 0.717) is 0 Å². The van der Waals surface area contributed by atoms with Gasteiger partial charge in [-0.25, -0.2) is 8.42 Å². The van der Waals surface area contributed by atoms with Gasteiger partial charge in [0.15, 0.2) is 0 Å². The summed E-state index contributed by atoms with van der Waals surface area (Å²) in [7, 11) is 1.58. The van der Waals surface area contributed by atoms with Crippen LogP contribution >= 0.6 is 10.7 Å². The molecule has 4 heteroatoms. The van der Waals surface area contributed by atoms with E-state index in [1.165, 1.54) is 12.1 Å². The highest BCUT2D eigenvalue weighted by Gasteiger charge is 2.08. The number of hydrogen-bond acceptors (Lipinski definition) is 2. The lowest BCUT2D eigenvalue weighted by Gasteiger charge is -1.99. The van der Waals surface area contributed by atoms with Crippen molar-refractivity contribution in [1.29, 1.82) is 0 Å². The quantitative estimate of drug-likeness (QED) is 0.589. The third kappa shape index (κ3) is 3.16. The Kier molecular flexibility index (Phi) is 3.72. The number of benzene rings is 1. The summed E-state index contributed by atoms with van der Waals surface area (Å²) < 4.78 is 21.8. The SMILES string of the molecule is C=CCCc1ccc(S(=O)(=O)Cl)cc1. The van der Waals surface area contributed by atoms with Crippen LogP contribution in [0, 0.1) is 0 Å². The molecule has 0 aliphatic heterocycles. The molecule has 0 aliphatic rings. The second-order valence-electron chi connectivity index (χ2n) is 2.91. The van der Waals surface area contributed by atoms with E-state index < -0.39 is 9.05 Å². The predicted molar refractivity (Wildman–Crippen MR) is 58.0 cm³/mol. The fraction of sp³-hybridized carbons (Fsp3) is 0.200. The normalized spacial score (nSPS) is 11.2. The van der Waals surface area contributed by atoms with Crippen molar-refractivity contribution in [3.05, 3.63) is 42.5 Å². The van der Waals surface area contributed by atoms with Crippen molar-refractivity contribution in [2.75, 3.05) is 0 Å². The van der Waals surface area contributed by atoms with Gasteiger partial charge in [0.1, 0.15) is 0 Å². The summed E-state index contributed by atoms with van der Waals surface area (Å²) in [6.07, 6.45) is 3.57. The molecule has 0 saturated heterocycles. The largest absolute Gasteiger partial charge is 0.261 e. The van der Waals surface area contributed by atoms with Crippen LogP contribution in [0.2, 0.25) is 0 Å². The number of rotatable bonds is 4. The standard InChI is InChI=1S/C10H11ClO2S/c1-2-3-4-9-5-7-10(8-6-9)14(11,12)13/h2,5-8H,1,3-4H2. The van der Waals surface area contributed by atoms with Crippen molar-refractivity contribution in [2.45, 2.75) is 17.7 Å². The van der Waals surface area contributed by atoms with Crippen molar-refractivity contribution in [3.63, 3.8) is 0 Å². The summed E-state index contributed by atoms with van der Waals surface area (Å²) in [6, 6.07) is 6.55. The lowest BCUT2D eigenvalue weighted by atomic mass is 10.1. The van der Waals surface area contributed by atoms with Crippen molar-refractivity contribution < 1.29 is 8.42 Å². The van der Waals surface area contributed by atoms with E-state index in [-0.39, 0.29) is 4.90 Å². The maximum atomic E-state index is 10.9. The Morgan fingerprint density at radius 2 is 1.86 bits per heavy atom. The predicted octanol–water partition coefficient (Wildman–Crippen LogP) is 2.73. The number of aryl methyl sites for hydroxylation is 1. The zero-order chi connectivity index (χ0) is 10.6. The lowest BCUT2D eigenvalue weighted by Crippen LogP contribution is -1.91. The minimum Gasteiger partial charge on any atom is -0.207 e. The highest BCUT2D eigenvalue weighted by molar-refractivity contribution is 8.13. The number of halogens is 1. The molecular formula is C10H11ClO2S. The highest BCUT2D eigenvalue weighted by Crippen LogP contribution is 2.15. The van der Waals surface area contributed by atoms with Crippen LogP contribution in [0.25, 0.3) is 0 Å². The Morgan fingerprint density at radius 3 is 2.29 bits per heavy atom. The molecular weight excluding hydrogens is 220 g/mol. The Hall–Kier alpha value is -0.800. The Labute approximate surface area is 88.6 Å². The van der Waals surface area contributed by atoms with Crippen molar-refractivity contribution in [1.82, 2.24) is 0 Å². The van der Waals surface area contributed by atoms with Gasteiger partial charge >= 0.3 is 0 Å². The fourth-order valence-corrected chi connectivity index (χ4v) is 1.86. The van der Waals surface area contributed by atoms with Crippen LogP contribution in [-0.2, 0) is 15.5 Å². The summed E-state index contributed by atoms with van der Waals surface area (Å²) in [5, 5.41) is 0. The van der Waals surface area contributed by atoms with Crippen LogP contribution in [0.1, 0.15) is 12.0 Å². The van der Waals surface area contributed by atoms with Crippen molar-refractivity contribution in [3.8, 4) is 0 Å². The van der Waals surface area contributed by atoms with Crippen molar-refractivity contribution in [2.24, 2.45) is 0 Å². The van der Waals surface area contributed by atoms with Gasteiger partial charge in [0.25, 0.3) is 9.05 Å². The monoisotopic (exact) mass is 230 g/mol. The van der Waals surface area contributed by atoms with Crippen LogP contribution in [0.5, 0.6) is 0 Å². The summed E-state index contributed by atoms with van der Waals surface area (Å²) in [5.74, 6) is 0. The van der Waals surface area contributed by atoms with Crippen LogP contribution in [-0.4, -0.2) is 8.42 Å². The molecule has 0 aliphatic carbocycles. The molecule has 1 aromatic rings. The topological polar surface area (TPSA) is 34.1 Å². The summed E-state index contributed by atoms with van der Waals surface area (Å²) >= 11 is 0. The molecule has 14 heavy (non-hydrogen) atoms. The smallest absolute Gasteiger partial charge is 0.207 e. The molecule has 2 nitrogen and oxygen atoms in total. The lowest BCUT2D eigenvalue weighted by molar-refractivity contribution is 0.609. The second-order valence-corrected chi connectivity index (χ2v) is 5.48. The van der Waals surface area contributed by atoms with Gasteiger partial charge in [0.2, 0.25) is 0 Å². The second kappa shape index (κ2) is 4.62. The molecule has 0 radical (unpaired) electrons. The third-order valence-corrected chi connectivity index (χ3v) is 3.21. The Balaban J connectivity index is 2.84. The van der Waals surface area contributed by atoms with E-state index in [1.807, 2.05) is 6.08 Å². The van der Waals surface area contributed by atoms with Gasteiger partial charge in [-0.05, 0) is 30.5 Å². The molecule has 0 saturated carbocycles. The van der Waals surface area contributed by atoms with Gasteiger partial charge in [-0.15, -0.1) is 6.58 Å². The molecule has 0 amide bonds. The van der Waals surface area contributed by atoms with Gasteiger partial charge in [0.05, 0.1) is 4.90 Å². The highest BCUT2D eigenvalue weighted by atomic mass is 35.7. The zero-order valence-corrected chi connectivity index (χ0v) is 9.18. The van der Waals surface area contributed by atoms with E-state index in [2.05, 4.69) is 6.58 Å². The molecule has 1 aromatic carbocycles. The summed E-state index contributed by atoms with van der Waals surface area (Å²) in [5.41, 5.74) is 1.08. The van der Waals surface area contributed by atoms with E-state index in [9.17, 15) is 8.42 Å². The summed E-state index contributed by atoms with van der Waals surface area (Å²) in [4.78, 5) is 0.140. The molecule has 0 atom stereocenters. The first-order chi connectivity index (χ1) is 6.54. The average Bonchev–Trinajstić information content (AvgIpc) is 2.14. The van der Waals surface area contributed by atoms with E-state index in [0.717, 1.165) is 18.4 Å². The van der Waals surface area contributed by atoms with Crippen LogP contribution < -0.4 is 0 Å².